The molecule has 1 atom stereocenters. The maximum absolute atomic E-state index is 12.0. The number of nitrogen functional groups attached to an aromatic ring is 1. The first kappa shape index (κ1) is 14.7. The molecule has 1 aromatic carbocycles. The van der Waals surface area contributed by atoms with Gasteiger partial charge in [0.2, 0.25) is 0 Å². The molecule has 0 aliphatic rings. The molecule has 0 saturated heterocycles. The molecule has 0 saturated carbocycles. The Kier molecular flexibility index (Phi) is 5.85. The van der Waals surface area contributed by atoms with E-state index in [2.05, 4.69) is 11.6 Å². The zero-order chi connectivity index (χ0) is 13.5. The molecule has 1 rings (SSSR count). The van der Waals surface area contributed by atoms with Crippen LogP contribution >= 0.6 is 11.8 Å². The van der Waals surface area contributed by atoms with Crippen molar-refractivity contribution in [2.75, 3.05) is 24.9 Å². The molecule has 0 heterocycles. The minimum atomic E-state index is -0.135. The third-order valence-electron chi connectivity index (χ3n) is 2.64. The Morgan fingerprint density at radius 1 is 1.56 bits per heavy atom. The second kappa shape index (κ2) is 7.16. The summed E-state index contributed by atoms with van der Waals surface area (Å²) in [4.78, 5) is 12.0. The monoisotopic (exact) mass is 268 g/mol. The predicted octanol–water partition coefficient (Wildman–Crippen LogP) is 2.15. The molecule has 0 aromatic heterocycles. The van der Waals surface area contributed by atoms with Crippen LogP contribution in [0.15, 0.2) is 18.2 Å². The molecular formula is C13H20N2O2S. The van der Waals surface area contributed by atoms with Gasteiger partial charge in [0.05, 0.1) is 12.7 Å². The number of rotatable bonds is 6. The average molecular weight is 268 g/mol. The van der Waals surface area contributed by atoms with Crippen molar-refractivity contribution in [2.24, 2.45) is 0 Å². The van der Waals surface area contributed by atoms with Crippen molar-refractivity contribution in [2.45, 2.75) is 19.4 Å². The Hall–Kier alpha value is -1.36. The van der Waals surface area contributed by atoms with Gasteiger partial charge < -0.3 is 15.8 Å². The molecule has 0 spiro atoms. The van der Waals surface area contributed by atoms with Gasteiger partial charge in [0.15, 0.2) is 0 Å². The standard InChI is InChI=1S/C13H20N2O2S/c1-9(6-7-18-3)15-13(16)11-5-4-10(17-2)8-12(11)14/h4-5,8-9H,6-7,14H2,1-3H3,(H,15,16). The number of amides is 1. The summed E-state index contributed by atoms with van der Waals surface area (Å²) in [6.07, 6.45) is 3.00. The summed E-state index contributed by atoms with van der Waals surface area (Å²) in [5.41, 5.74) is 6.76. The van der Waals surface area contributed by atoms with E-state index in [1.807, 2.05) is 6.92 Å². The number of carbonyl (C=O) groups is 1. The van der Waals surface area contributed by atoms with E-state index in [0.717, 1.165) is 12.2 Å². The van der Waals surface area contributed by atoms with Gasteiger partial charge in [-0.15, -0.1) is 0 Å². The smallest absolute Gasteiger partial charge is 0.253 e. The minimum Gasteiger partial charge on any atom is -0.497 e. The minimum absolute atomic E-state index is 0.135. The van der Waals surface area contributed by atoms with Crippen LogP contribution in [0.4, 0.5) is 5.69 Å². The van der Waals surface area contributed by atoms with Crippen molar-refractivity contribution in [3.63, 3.8) is 0 Å². The molecule has 1 amide bonds. The molecule has 0 aliphatic heterocycles. The molecule has 5 heteroatoms. The highest BCUT2D eigenvalue weighted by atomic mass is 32.2. The fraction of sp³-hybridized carbons (Fsp3) is 0.462. The number of benzene rings is 1. The van der Waals surface area contributed by atoms with E-state index in [0.29, 0.717) is 17.0 Å². The Balaban J connectivity index is 2.66. The van der Waals surface area contributed by atoms with E-state index in [4.69, 9.17) is 10.5 Å². The van der Waals surface area contributed by atoms with Crippen molar-refractivity contribution >= 4 is 23.4 Å². The SMILES string of the molecule is COc1ccc(C(=O)NC(C)CCSC)c(N)c1. The third kappa shape index (κ3) is 4.14. The van der Waals surface area contributed by atoms with E-state index in [-0.39, 0.29) is 11.9 Å². The van der Waals surface area contributed by atoms with Gasteiger partial charge in [-0.3, -0.25) is 4.79 Å². The molecule has 4 nitrogen and oxygen atoms in total. The zero-order valence-corrected chi connectivity index (χ0v) is 11.8. The molecule has 18 heavy (non-hydrogen) atoms. The molecular weight excluding hydrogens is 248 g/mol. The summed E-state index contributed by atoms with van der Waals surface area (Å²) >= 11 is 1.77. The molecule has 0 bridgehead atoms. The Labute approximate surface area is 112 Å². The zero-order valence-electron chi connectivity index (χ0n) is 11.0. The number of nitrogens with two attached hydrogens (primary N) is 1. The van der Waals surface area contributed by atoms with Crippen LogP contribution < -0.4 is 15.8 Å². The van der Waals surface area contributed by atoms with Gasteiger partial charge in [-0.25, -0.2) is 0 Å². The maximum atomic E-state index is 12.0. The maximum Gasteiger partial charge on any atom is 0.253 e. The second-order valence-corrected chi connectivity index (χ2v) is 5.09. The van der Waals surface area contributed by atoms with Crippen LogP contribution in [-0.2, 0) is 0 Å². The highest BCUT2D eigenvalue weighted by Crippen LogP contribution is 2.19. The number of nitrogens with one attached hydrogen (secondary N) is 1. The normalized spacial score (nSPS) is 11.9. The number of hydrogen-bond donors (Lipinski definition) is 2. The van der Waals surface area contributed by atoms with Crippen LogP contribution in [0.5, 0.6) is 5.75 Å². The van der Waals surface area contributed by atoms with Crippen molar-refractivity contribution in [3.05, 3.63) is 23.8 Å². The molecule has 0 radical (unpaired) electrons. The Bertz CT molecular complexity index is 410. The first-order chi connectivity index (χ1) is 8.58. The van der Waals surface area contributed by atoms with E-state index < -0.39 is 0 Å². The summed E-state index contributed by atoms with van der Waals surface area (Å²) in [6, 6.07) is 5.22. The van der Waals surface area contributed by atoms with Crippen molar-refractivity contribution < 1.29 is 9.53 Å². The third-order valence-corrected chi connectivity index (χ3v) is 3.28. The predicted molar refractivity (Wildman–Crippen MR) is 77.3 cm³/mol. The summed E-state index contributed by atoms with van der Waals surface area (Å²) < 4.78 is 5.05. The molecule has 1 unspecified atom stereocenters. The Morgan fingerprint density at radius 2 is 2.28 bits per heavy atom. The van der Waals surface area contributed by atoms with Crippen molar-refractivity contribution in [3.8, 4) is 5.75 Å². The van der Waals surface area contributed by atoms with Gasteiger partial charge >= 0.3 is 0 Å². The van der Waals surface area contributed by atoms with E-state index >= 15 is 0 Å². The van der Waals surface area contributed by atoms with Crippen molar-refractivity contribution in [1.29, 1.82) is 0 Å². The van der Waals surface area contributed by atoms with Crippen LogP contribution in [0, 0.1) is 0 Å². The van der Waals surface area contributed by atoms with Gasteiger partial charge in [-0.2, -0.15) is 11.8 Å². The lowest BCUT2D eigenvalue weighted by Crippen LogP contribution is -2.33. The van der Waals surface area contributed by atoms with E-state index in [9.17, 15) is 4.79 Å². The number of anilines is 1. The lowest BCUT2D eigenvalue weighted by atomic mass is 10.1. The van der Waals surface area contributed by atoms with Gasteiger partial charge in [-0.05, 0) is 37.5 Å². The van der Waals surface area contributed by atoms with Crippen LogP contribution in [0.2, 0.25) is 0 Å². The molecule has 3 N–H and O–H groups in total. The summed E-state index contributed by atoms with van der Waals surface area (Å²) in [5.74, 6) is 1.54. The first-order valence-corrected chi connectivity index (χ1v) is 7.21. The highest BCUT2D eigenvalue weighted by Gasteiger charge is 2.12. The second-order valence-electron chi connectivity index (χ2n) is 4.11. The topological polar surface area (TPSA) is 64.3 Å². The van der Waals surface area contributed by atoms with Crippen molar-refractivity contribution in [1.82, 2.24) is 5.32 Å². The summed E-state index contributed by atoms with van der Waals surface area (Å²) in [6.45, 7) is 1.99. The van der Waals surface area contributed by atoms with Gasteiger partial charge in [-0.1, -0.05) is 0 Å². The number of ether oxygens (including phenoxy) is 1. The fourth-order valence-electron chi connectivity index (χ4n) is 1.54. The van der Waals surface area contributed by atoms with Gasteiger partial charge in [0.25, 0.3) is 5.91 Å². The molecule has 0 aliphatic carbocycles. The lowest BCUT2D eigenvalue weighted by Gasteiger charge is -2.14. The van der Waals surface area contributed by atoms with Gasteiger partial charge in [0, 0.05) is 17.8 Å². The average Bonchev–Trinajstić information content (AvgIpc) is 2.35. The number of carbonyl (C=O) groups excluding carboxylic acids is 1. The first-order valence-electron chi connectivity index (χ1n) is 5.81. The molecule has 0 fully saturated rings. The van der Waals surface area contributed by atoms with Crippen LogP contribution in [0.25, 0.3) is 0 Å². The van der Waals surface area contributed by atoms with E-state index in [1.165, 1.54) is 0 Å². The summed E-state index contributed by atoms with van der Waals surface area (Å²) in [5, 5.41) is 2.94. The van der Waals surface area contributed by atoms with Crippen LogP contribution in [0.3, 0.4) is 0 Å². The molecule has 100 valence electrons. The van der Waals surface area contributed by atoms with Crippen LogP contribution in [-0.4, -0.2) is 31.1 Å². The van der Waals surface area contributed by atoms with Crippen LogP contribution in [0.1, 0.15) is 23.7 Å². The fourth-order valence-corrected chi connectivity index (χ4v) is 2.13. The quantitative estimate of drug-likeness (QED) is 0.776. The number of hydrogen-bond acceptors (Lipinski definition) is 4. The number of methoxy groups -OCH3 is 1. The van der Waals surface area contributed by atoms with E-state index in [1.54, 1.807) is 37.1 Å². The molecule has 1 aromatic rings. The summed E-state index contributed by atoms with van der Waals surface area (Å²) in [7, 11) is 1.57. The highest BCUT2D eigenvalue weighted by molar-refractivity contribution is 7.98. The van der Waals surface area contributed by atoms with Gasteiger partial charge in [0.1, 0.15) is 5.75 Å². The lowest BCUT2D eigenvalue weighted by molar-refractivity contribution is 0.0940. The number of thioether (sulfide) groups is 1. The Morgan fingerprint density at radius 3 is 2.83 bits per heavy atom. The largest absolute Gasteiger partial charge is 0.497 e.